The number of halogens is 1. The number of carboxylic acid groups (broad SMARTS) is 2. The van der Waals surface area contributed by atoms with Crippen LogP contribution in [0.1, 0.15) is 44.1 Å². The van der Waals surface area contributed by atoms with E-state index in [2.05, 4.69) is 10.9 Å². The van der Waals surface area contributed by atoms with Crippen molar-refractivity contribution < 1.29 is 19.8 Å². The Labute approximate surface area is 147 Å². The monoisotopic (exact) mass is 356 g/mol. The molecule has 4 N–H and O–H groups in total. The summed E-state index contributed by atoms with van der Waals surface area (Å²) in [6, 6.07) is 6.41. The predicted octanol–water partition coefficient (Wildman–Crippen LogP) is 2.86. The van der Waals surface area contributed by atoms with Gasteiger partial charge in [0.15, 0.2) is 0 Å². The summed E-state index contributed by atoms with van der Waals surface area (Å²) in [6.45, 7) is 0.670. The molecule has 1 rings (SSSR count). The van der Waals surface area contributed by atoms with Crippen molar-refractivity contribution >= 4 is 23.5 Å². The lowest BCUT2D eigenvalue weighted by Gasteiger charge is -2.15. The Balaban J connectivity index is 2.15. The topological polar surface area (TPSA) is 98.7 Å². The molecule has 0 aliphatic carbocycles. The van der Waals surface area contributed by atoms with Gasteiger partial charge in [0.05, 0.1) is 0 Å². The molecule has 0 bridgehead atoms. The molecule has 0 radical (unpaired) electrons. The van der Waals surface area contributed by atoms with Gasteiger partial charge in [0.1, 0.15) is 6.04 Å². The average Bonchev–Trinajstić information content (AvgIpc) is 2.53. The molecule has 24 heavy (non-hydrogen) atoms. The van der Waals surface area contributed by atoms with E-state index in [4.69, 9.17) is 16.7 Å². The SMILES string of the molecule is O=C(O)CCCCCCCNN[C@@H](Cc1ccc(Cl)cc1)C(=O)O. The summed E-state index contributed by atoms with van der Waals surface area (Å²) in [5.41, 5.74) is 6.70. The van der Waals surface area contributed by atoms with Crippen LogP contribution in [0.25, 0.3) is 0 Å². The normalized spacial score (nSPS) is 12.0. The number of hydrazine groups is 1. The highest BCUT2D eigenvalue weighted by Crippen LogP contribution is 2.11. The van der Waals surface area contributed by atoms with Crippen LogP contribution in [0.5, 0.6) is 0 Å². The molecule has 134 valence electrons. The second-order valence-electron chi connectivity index (χ2n) is 5.70. The van der Waals surface area contributed by atoms with Crippen LogP contribution in [0.3, 0.4) is 0 Å². The van der Waals surface area contributed by atoms with Crippen LogP contribution in [0.4, 0.5) is 0 Å². The molecule has 0 aromatic heterocycles. The number of carboxylic acids is 2. The van der Waals surface area contributed by atoms with E-state index in [0.717, 1.165) is 31.2 Å². The Bertz CT molecular complexity index is 508. The molecule has 6 nitrogen and oxygen atoms in total. The highest BCUT2D eigenvalue weighted by atomic mass is 35.5. The van der Waals surface area contributed by atoms with E-state index in [1.807, 2.05) is 12.1 Å². The van der Waals surface area contributed by atoms with Crippen molar-refractivity contribution in [2.75, 3.05) is 6.54 Å². The third-order valence-electron chi connectivity index (χ3n) is 3.62. The van der Waals surface area contributed by atoms with Crippen molar-refractivity contribution in [3.8, 4) is 0 Å². The largest absolute Gasteiger partial charge is 0.481 e. The summed E-state index contributed by atoms with van der Waals surface area (Å²) in [5, 5.41) is 18.4. The van der Waals surface area contributed by atoms with Crippen molar-refractivity contribution in [3.05, 3.63) is 34.9 Å². The van der Waals surface area contributed by atoms with Crippen LogP contribution in [0.2, 0.25) is 5.02 Å². The maximum atomic E-state index is 11.3. The maximum Gasteiger partial charge on any atom is 0.322 e. The Morgan fingerprint density at radius 2 is 1.62 bits per heavy atom. The number of hydrogen-bond donors (Lipinski definition) is 4. The molecular formula is C17H25ClN2O4. The summed E-state index contributed by atoms with van der Waals surface area (Å²) < 4.78 is 0. The Morgan fingerprint density at radius 1 is 1.00 bits per heavy atom. The molecule has 7 heteroatoms. The number of nitrogens with one attached hydrogen (secondary N) is 2. The number of aliphatic carboxylic acids is 2. The number of benzene rings is 1. The van der Waals surface area contributed by atoms with Crippen LogP contribution in [0, 0.1) is 0 Å². The third-order valence-corrected chi connectivity index (χ3v) is 3.87. The first kappa shape index (κ1) is 20.4. The van der Waals surface area contributed by atoms with Crippen LogP contribution in [-0.4, -0.2) is 34.7 Å². The molecule has 1 atom stereocenters. The van der Waals surface area contributed by atoms with E-state index in [1.165, 1.54) is 0 Å². The maximum absolute atomic E-state index is 11.3. The summed E-state index contributed by atoms with van der Waals surface area (Å²) in [6.07, 6.45) is 5.11. The lowest BCUT2D eigenvalue weighted by Crippen LogP contribution is -2.47. The minimum absolute atomic E-state index is 0.227. The summed E-state index contributed by atoms with van der Waals surface area (Å²) >= 11 is 5.82. The molecule has 0 spiro atoms. The van der Waals surface area contributed by atoms with E-state index < -0.39 is 18.0 Å². The van der Waals surface area contributed by atoms with Gasteiger partial charge in [-0.15, -0.1) is 0 Å². The van der Waals surface area contributed by atoms with Crippen LogP contribution in [0.15, 0.2) is 24.3 Å². The van der Waals surface area contributed by atoms with Crippen molar-refractivity contribution in [1.29, 1.82) is 0 Å². The van der Waals surface area contributed by atoms with Crippen molar-refractivity contribution in [2.45, 2.75) is 51.0 Å². The predicted molar refractivity (Wildman–Crippen MR) is 93.1 cm³/mol. The zero-order valence-corrected chi connectivity index (χ0v) is 14.4. The van der Waals surface area contributed by atoms with Gasteiger partial charge in [0, 0.05) is 18.0 Å². The minimum Gasteiger partial charge on any atom is -0.481 e. The summed E-state index contributed by atoms with van der Waals surface area (Å²) in [7, 11) is 0. The average molecular weight is 357 g/mol. The van der Waals surface area contributed by atoms with Crippen LogP contribution in [-0.2, 0) is 16.0 Å². The van der Waals surface area contributed by atoms with Crippen molar-refractivity contribution in [1.82, 2.24) is 10.9 Å². The Kier molecular flexibility index (Phi) is 10.1. The quantitative estimate of drug-likeness (QED) is 0.320. The first-order valence-corrected chi connectivity index (χ1v) is 8.54. The second kappa shape index (κ2) is 11.8. The molecule has 0 unspecified atom stereocenters. The van der Waals surface area contributed by atoms with Gasteiger partial charge in [0.2, 0.25) is 0 Å². The first-order chi connectivity index (χ1) is 11.5. The smallest absolute Gasteiger partial charge is 0.322 e. The fourth-order valence-corrected chi connectivity index (χ4v) is 2.40. The van der Waals surface area contributed by atoms with Crippen molar-refractivity contribution in [2.24, 2.45) is 0 Å². The number of hydrogen-bond acceptors (Lipinski definition) is 4. The highest BCUT2D eigenvalue weighted by Gasteiger charge is 2.16. The molecule has 0 aliphatic rings. The zero-order chi connectivity index (χ0) is 17.8. The molecule has 0 saturated heterocycles. The lowest BCUT2D eigenvalue weighted by molar-refractivity contribution is -0.140. The number of rotatable bonds is 13. The molecule has 0 saturated carbocycles. The standard InChI is InChI=1S/C17H25ClN2O4/c18-14-9-7-13(8-10-14)12-15(17(23)24)20-19-11-5-3-1-2-4-6-16(21)22/h7-10,15,19-20H,1-6,11-12H2,(H,21,22)(H,23,24)/t15-/m0/s1. The van der Waals surface area contributed by atoms with Crippen LogP contribution < -0.4 is 10.9 Å². The van der Waals surface area contributed by atoms with E-state index in [9.17, 15) is 14.7 Å². The third kappa shape index (κ3) is 9.50. The molecule has 0 fully saturated rings. The van der Waals surface area contributed by atoms with E-state index >= 15 is 0 Å². The van der Waals surface area contributed by atoms with Crippen molar-refractivity contribution in [3.63, 3.8) is 0 Å². The van der Waals surface area contributed by atoms with E-state index in [0.29, 0.717) is 24.4 Å². The molecule has 1 aromatic rings. The van der Waals surface area contributed by atoms with E-state index in [1.54, 1.807) is 12.1 Å². The second-order valence-corrected chi connectivity index (χ2v) is 6.14. The molecule has 0 heterocycles. The van der Waals surface area contributed by atoms with Gasteiger partial charge in [-0.05, 0) is 37.0 Å². The fraction of sp³-hybridized carbons (Fsp3) is 0.529. The number of carbonyl (C=O) groups is 2. The van der Waals surface area contributed by atoms with Gasteiger partial charge in [0.25, 0.3) is 0 Å². The Morgan fingerprint density at radius 3 is 2.25 bits per heavy atom. The van der Waals surface area contributed by atoms with Gasteiger partial charge in [-0.25, -0.2) is 5.43 Å². The van der Waals surface area contributed by atoms with E-state index in [-0.39, 0.29) is 6.42 Å². The summed E-state index contributed by atoms with van der Waals surface area (Å²) in [4.78, 5) is 21.7. The van der Waals surface area contributed by atoms with Gasteiger partial charge in [-0.2, -0.15) is 0 Å². The van der Waals surface area contributed by atoms with Gasteiger partial charge in [-0.3, -0.25) is 15.0 Å². The first-order valence-electron chi connectivity index (χ1n) is 8.16. The summed E-state index contributed by atoms with van der Waals surface area (Å²) in [5.74, 6) is -1.66. The zero-order valence-electron chi connectivity index (χ0n) is 13.6. The molecule has 0 amide bonds. The molecular weight excluding hydrogens is 332 g/mol. The highest BCUT2D eigenvalue weighted by molar-refractivity contribution is 6.30. The Hall–Kier alpha value is -1.63. The fourth-order valence-electron chi connectivity index (χ4n) is 2.27. The van der Waals surface area contributed by atoms with Crippen LogP contribution >= 0.6 is 11.6 Å². The molecule has 0 aliphatic heterocycles. The lowest BCUT2D eigenvalue weighted by atomic mass is 10.1. The molecule has 1 aromatic carbocycles. The van der Waals surface area contributed by atoms with Gasteiger partial charge < -0.3 is 10.2 Å². The van der Waals surface area contributed by atoms with Gasteiger partial charge in [-0.1, -0.05) is 43.0 Å². The number of unbranched alkanes of at least 4 members (excludes halogenated alkanes) is 4. The minimum atomic E-state index is -0.911. The van der Waals surface area contributed by atoms with Gasteiger partial charge >= 0.3 is 11.9 Å².